The zero-order valence-corrected chi connectivity index (χ0v) is 15.0. The quantitative estimate of drug-likeness (QED) is 0.868. The first-order valence-electron chi connectivity index (χ1n) is 9.12. The molecule has 0 atom stereocenters. The summed E-state index contributed by atoms with van der Waals surface area (Å²) in [5.41, 5.74) is 7.12. The second-order valence-corrected chi connectivity index (χ2v) is 6.88. The highest BCUT2D eigenvalue weighted by Gasteiger charge is 2.17. The monoisotopic (exact) mass is 318 g/mol. The predicted molar refractivity (Wildman–Crippen MR) is 98.5 cm³/mol. The molecule has 2 N–H and O–H groups in total. The first-order chi connectivity index (χ1) is 11.2. The van der Waals surface area contributed by atoms with Gasteiger partial charge in [-0.2, -0.15) is 0 Å². The van der Waals surface area contributed by atoms with Gasteiger partial charge in [0.25, 0.3) is 0 Å². The largest absolute Gasteiger partial charge is 0.330 e. The molecule has 0 bridgehead atoms. The molecule has 1 aromatic carbocycles. The van der Waals surface area contributed by atoms with Gasteiger partial charge in [0.1, 0.15) is 0 Å². The Morgan fingerprint density at radius 2 is 1.52 bits per heavy atom. The number of hydrogen-bond acceptors (Lipinski definition) is 4. The summed E-state index contributed by atoms with van der Waals surface area (Å²) in [4.78, 5) is 7.80. The first kappa shape index (κ1) is 18.4. The Hall–Kier alpha value is -0.940. The lowest BCUT2D eigenvalue weighted by Crippen LogP contribution is -2.40. The number of hydrogen-bond donors (Lipinski definition) is 1. The number of rotatable bonds is 6. The SMILES string of the molecule is CC(C)N1CCN(CCCN)CCN(Cc2ccccc2)CC1. The maximum Gasteiger partial charge on any atom is 0.0234 e. The maximum atomic E-state index is 5.70. The Morgan fingerprint density at radius 1 is 0.913 bits per heavy atom. The van der Waals surface area contributed by atoms with E-state index >= 15 is 0 Å². The van der Waals surface area contributed by atoms with Crippen molar-refractivity contribution in [2.75, 3.05) is 52.4 Å². The van der Waals surface area contributed by atoms with Crippen LogP contribution in [0.15, 0.2) is 30.3 Å². The van der Waals surface area contributed by atoms with E-state index in [1.54, 1.807) is 0 Å². The summed E-state index contributed by atoms with van der Waals surface area (Å²) < 4.78 is 0. The Balaban J connectivity index is 1.98. The van der Waals surface area contributed by atoms with Crippen molar-refractivity contribution in [3.8, 4) is 0 Å². The molecule has 1 heterocycles. The minimum absolute atomic E-state index is 0.614. The summed E-state index contributed by atoms with van der Waals surface area (Å²) in [6.07, 6.45) is 1.10. The van der Waals surface area contributed by atoms with Gasteiger partial charge in [-0.15, -0.1) is 0 Å². The lowest BCUT2D eigenvalue weighted by atomic mass is 10.2. The second-order valence-electron chi connectivity index (χ2n) is 6.88. The molecule has 4 heteroatoms. The van der Waals surface area contributed by atoms with Crippen LogP contribution in [0.1, 0.15) is 25.8 Å². The van der Waals surface area contributed by atoms with Crippen molar-refractivity contribution in [2.45, 2.75) is 32.9 Å². The number of nitrogens with two attached hydrogens (primary N) is 1. The van der Waals surface area contributed by atoms with Crippen LogP contribution in [-0.2, 0) is 6.54 Å². The molecule has 1 saturated heterocycles. The Kier molecular flexibility index (Phi) is 8.03. The van der Waals surface area contributed by atoms with Crippen molar-refractivity contribution >= 4 is 0 Å². The smallest absolute Gasteiger partial charge is 0.0234 e. The van der Waals surface area contributed by atoms with E-state index in [1.165, 1.54) is 12.1 Å². The summed E-state index contributed by atoms with van der Waals surface area (Å²) in [6, 6.07) is 11.5. The molecular formula is C19H34N4. The lowest BCUT2D eigenvalue weighted by molar-refractivity contribution is 0.181. The van der Waals surface area contributed by atoms with E-state index in [4.69, 9.17) is 5.73 Å². The van der Waals surface area contributed by atoms with Gasteiger partial charge in [0.05, 0.1) is 0 Å². The van der Waals surface area contributed by atoms with Crippen LogP contribution >= 0.6 is 0 Å². The minimum Gasteiger partial charge on any atom is -0.330 e. The van der Waals surface area contributed by atoms with Crippen LogP contribution in [0.2, 0.25) is 0 Å². The highest BCUT2D eigenvalue weighted by Crippen LogP contribution is 2.08. The number of nitrogens with zero attached hydrogens (tertiary/aromatic N) is 3. The summed E-state index contributed by atoms with van der Waals surface area (Å²) >= 11 is 0. The van der Waals surface area contributed by atoms with Crippen molar-refractivity contribution in [3.05, 3.63) is 35.9 Å². The van der Waals surface area contributed by atoms with Crippen LogP contribution in [0.3, 0.4) is 0 Å². The maximum absolute atomic E-state index is 5.70. The highest BCUT2D eigenvalue weighted by atomic mass is 15.3. The van der Waals surface area contributed by atoms with Crippen molar-refractivity contribution in [3.63, 3.8) is 0 Å². The van der Waals surface area contributed by atoms with Gasteiger partial charge in [0.15, 0.2) is 0 Å². The minimum atomic E-state index is 0.614. The van der Waals surface area contributed by atoms with Gasteiger partial charge in [-0.25, -0.2) is 0 Å². The predicted octanol–water partition coefficient (Wildman–Crippen LogP) is 1.86. The topological polar surface area (TPSA) is 35.7 Å². The molecule has 0 radical (unpaired) electrons. The Labute approximate surface area is 142 Å². The van der Waals surface area contributed by atoms with Crippen molar-refractivity contribution in [2.24, 2.45) is 5.73 Å². The van der Waals surface area contributed by atoms with Gasteiger partial charge in [-0.1, -0.05) is 30.3 Å². The highest BCUT2D eigenvalue weighted by molar-refractivity contribution is 5.14. The van der Waals surface area contributed by atoms with Crippen LogP contribution in [0, 0.1) is 0 Å². The van der Waals surface area contributed by atoms with Crippen molar-refractivity contribution in [1.29, 1.82) is 0 Å². The molecule has 1 aliphatic rings. The molecule has 1 aromatic rings. The average molecular weight is 319 g/mol. The molecule has 0 unspecified atom stereocenters. The molecule has 0 saturated carbocycles. The summed E-state index contributed by atoms with van der Waals surface area (Å²) in [7, 11) is 0. The van der Waals surface area contributed by atoms with Crippen molar-refractivity contribution < 1.29 is 0 Å². The normalized spacial score (nSPS) is 19.5. The lowest BCUT2D eigenvalue weighted by Gasteiger charge is -2.29. The van der Waals surface area contributed by atoms with Crippen LogP contribution in [0.25, 0.3) is 0 Å². The zero-order chi connectivity index (χ0) is 16.5. The van der Waals surface area contributed by atoms with Crippen molar-refractivity contribution in [1.82, 2.24) is 14.7 Å². The molecular weight excluding hydrogens is 284 g/mol. The number of benzene rings is 1. The van der Waals surface area contributed by atoms with Crippen LogP contribution in [0.4, 0.5) is 0 Å². The Bertz CT molecular complexity index is 421. The molecule has 2 rings (SSSR count). The van der Waals surface area contributed by atoms with Gasteiger partial charge < -0.3 is 10.6 Å². The van der Waals surface area contributed by atoms with Gasteiger partial charge in [0, 0.05) is 51.9 Å². The molecule has 0 spiro atoms. The molecule has 0 aromatic heterocycles. The van der Waals surface area contributed by atoms with E-state index in [9.17, 15) is 0 Å². The third-order valence-corrected chi connectivity index (χ3v) is 4.80. The van der Waals surface area contributed by atoms with Gasteiger partial charge in [-0.3, -0.25) is 9.80 Å². The molecule has 23 heavy (non-hydrogen) atoms. The molecule has 0 amide bonds. The average Bonchev–Trinajstić information content (AvgIpc) is 2.65. The molecule has 1 aliphatic heterocycles. The van der Waals surface area contributed by atoms with E-state index in [-0.39, 0.29) is 0 Å². The summed E-state index contributed by atoms with van der Waals surface area (Å²) in [5, 5.41) is 0. The molecule has 4 nitrogen and oxygen atoms in total. The van der Waals surface area contributed by atoms with Crippen LogP contribution in [0.5, 0.6) is 0 Å². The fourth-order valence-electron chi connectivity index (χ4n) is 3.21. The Morgan fingerprint density at radius 3 is 2.17 bits per heavy atom. The first-order valence-corrected chi connectivity index (χ1v) is 9.12. The van der Waals surface area contributed by atoms with E-state index in [0.717, 1.165) is 58.8 Å². The van der Waals surface area contributed by atoms with Crippen LogP contribution in [-0.4, -0.2) is 73.1 Å². The second kappa shape index (κ2) is 10.0. The van der Waals surface area contributed by atoms with Gasteiger partial charge in [0.2, 0.25) is 0 Å². The fraction of sp³-hybridized carbons (Fsp3) is 0.684. The molecule has 0 aliphatic carbocycles. The third-order valence-electron chi connectivity index (χ3n) is 4.80. The molecule has 130 valence electrons. The summed E-state index contributed by atoms with van der Waals surface area (Å²) in [5.74, 6) is 0. The zero-order valence-electron chi connectivity index (χ0n) is 15.0. The van der Waals surface area contributed by atoms with E-state index in [1.807, 2.05) is 0 Å². The third kappa shape index (κ3) is 6.60. The van der Waals surface area contributed by atoms with E-state index in [0.29, 0.717) is 6.04 Å². The molecule has 1 fully saturated rings. The van der Waals surface area contributed by atoms with E-state index in [2.05, 4.69) is 58.9 Å². The van der Waals surface area contributed by atoms with Gasteiger partial charge >= 0.3 is 0 Å². The fourth-order valence-corrected chi connectivity index (χ4v) is 3.21. The van der Waals surface area contributed by atoms with Gasteiger partial charge in [-0.05, 0) is 38.9 Å². The van der Waals surface area contributed by atoms with E-state index < -0.39 is 0 Å². The van der Waals surface area contributed by atoms with Crippen LogP contribution < -0.4 is 5.73 Å². The summed E-state index contributed by atoms with van der Waals surface area (Å²) in [6.45, 7) is 14.5. The standard InChI is InChI=1S/C19H34N4/c1-18(2)23-15-13-21(10-6-9-20)11-12-22(14-16-23)17-19-7-4-3-5-8-19/h3-5,7-8,18H,6,9-17,20H2,1-2H3.